The van der Waals surface area contributed by atoms with Crippen molar-refractivity contribution >= 4 is 23.2 Å². The number of methoxy groups -OCH3 is 1. The molecular formula is C24H32N4O3. The molecule has 3 rings (SSSR count). The Hall–Kier alpha value is -3.22. The minimum Gasteiger partial charge on any atom is -0.493 e. The number of nitrogens with zero attached hydrogens (tertiary/aromatic N) is 1. The van der Waals surface area contributed by atoms with Crippen LogP contribution in [0.1, 0.15) is 38.7 Å². The Balaban J connectivity index is 1.67. The normalized spacial score (nSPS) is 13.8. The molecule has 31 heavy (non-hydrogen) atoms. The zero-order valence-electron chi connectivity index (χ0n) is 18.5. The summed E-state index contributed by atoms with van der Waals surface area (Å²) in [6.45, 7) is 5.73. The van der Waals surface area contributed by atoms with E-state index in [4.69, 9.17) is 9.47 Å². The van der Waals surface area contributed by atoms with Crippen LogP contribution < -0.4 is 25.4 Å². The molecule has 3 N–H and O–H groups in total. The fourth-order valence-electron chi connectivity index (χ4n) is 3.30. The highest BCUT2D eigenvalue weighted by atomic mass is 16.5. The van der Waals surface area contributed by atoms with Crippen LogP contribution in [0.25, 0.3) is 0 Å². The first-order chi connectivity index (χ1) is 15.1. The predicted octanol–water partition coefficient (Wildman–Crippen LogP) is 4.41. The number of rotatable bonds is 9. The van der Waals surface area contributed by atoms with Crippen molar-refractivity contribution < 1.29 is 14.3 Å². The summed E-state index contributed by atoms with van der Waals surface area (Å²) in [5.74, 6) is 2.32. The molecule has 1 aliphatic rings. The summed E-state index contributed by atoms with van der Waals surface area (Å²) in [6, 6.07) is 13.5. The fourth-order valence-corrected chi connectivity index (χ4v) is 3.30. The summed E-state index contributed by atoms with van der Waals surface area (Å²) < 4.78 is 11.0. The van der Waals surface area contributed by atoms with Gasteiger partial charge in [0.15, 0.2) is 17.5 Å². The predicted molar refractivity (Wildman–Crippen MR) is 125 cm³/mol. The summed E-state index contributed by atoms with van der Waals surface area (Å²) in [7, 11) is 1.62. The first-order valence-corrected chi connectivity index (χ1v) is 10.9. The minimum absolute atomic E-state index is 0.117. The summed E-state index contributed by atoms with van der Waals surface area (Å²) in [4.78, 5) is 16.9. The number of anilines is 2. The number of guanidine groups is 1. The van der Waals surface area contributed by atoms with E-state index >= 15 is 0 Å². The molecule has 7 heteroatoms. The number of amides is 1. The van der Waals surface area contributed by atoms with Gasteiger partial charge in [-0.15, -0.1) is 0 Å². The second-order valence-electron chi connectivity index (χ2n) is 7.44. The van der Waals surface area contributed by atoms with Crippen molar-refractivity contribution in [2.45, 2.75) is 39.7 Å². The fraction of sp³-hybridized carbons (Fsp3) is 0.417. The third kappa shape index (κ3) is 6.38. The highest BCUT2D eigenvalue weighted by Gasteiger charge is 2.25. The lowest BCUT2D eigenvalue weighted by atomic mass is 9.85. The van der Waals surface area contributed by atoms with Crippen LogP contribution in [0.5, 0.6) is 11.5 Å². The van der Waals surface area contributed by atoms with Crippen LogP contribution in [-0.2, 0) is 11.3 Å². The van der Waals surface area contributed by atoms with Crippen molar-refractivity contribution in [1.29, 1.82) is 0 Å². The molecule has 0 bridgehead atoms. The highest BCUT2D eigenvalue weighted by Crippen LogP contribution is 2.30. The van der Waals surface area contributed by atoms with Crippen LogP contribution in [0, 0.1) is 5.92 Å². The van der Waals surface area contributed by atoms with Crippen molar-refractivity contribution in [3.8, 4) is 11.5 Å². The zero-order valence-corrected chi connectivity index (χ0v) is 18.5. The monoisotopic (exact) mass is 424 g/mol. The molecule has 0 unspecified atom stereocenters. The average molecular weight is 425 g/mol. The van der Waals surface area contributed by atoms with Crippen molar-refractivity contribution in [1.82, 2.24) is 5.32 Å². The van der Waals surface area contributed by atoms with Gasteiger partial charge in [-0.1, -0.05) is 18.6 Å². The number of nitrogens with one attached hydrogen (secondary N) is 3. The molecule has 1 amide bonds. The minimum atomic E-state index is 0.117. The average Bonchev–Trinajstić information content (AvgIpc) is 2.72. The summed E-state index contributed by atoms with van der Waals surface area (Å²) in [6.07, 6.45) is 3.13. The van der Waals surface area contributed by atoms with Crippen LogP contribution in [0.4, 0.5) is 11.4 Å². The van der Waals surface area contributed by atoms with Crippen LogP contribution in [0.15, 0.2) is 47.5 Å². The van der Waals surface area contributed by atoms with Crippen LogP contribution in [-0.4, -0.2) is 32.1 Å². The van der Waals surface area contributed by atoms with Crippen molar-refractivity contribution in [2.24, 2.45) is 10.9 Å². The Labute approximate surface area is 184 Å². The van der Waals surface area contributed by atoms with E-state index in [1.807, 2.05) is 56.3 Å². The van der Waals surface area contributed by atoms with Gasteiger partial charge in [0.1, 0.15) is 0 Å². The number of benzene rings is 2. The lowest BCUT2D eigenvalue weighted by Crippen LogP contribution is -2.30. The smallest absolute Gasteiger partial charge is 0.227 e. The Bertz CT molecular complexity index is 909. The molecule has 0 radical (unpaired) electrons. The van der Waals surface area contributed by atoms with E-state index in [9.17, 15) is 4.79 Å². The van der Waals surface area contributed by atoms with Gasteiger partial charge in [0.25, 0.3) is 0 Å². The van der Waals surface area contributed by atoms with Crippen molar-refractivity contribution in [2.75, 3.05) is 30.9 Å². The number of hydrogen-bond donors (Lipinski definition) is 3. The first-order valence-electron chi connectivity index (χ1n) is 10.9. The molecule has 1 aliphatic carbocycles. The molecule has 2 aromatic carbocycles. The lowest BCUT2D eigenvalue weighted by molar-refractivity contribution is -0.122. The van der Waals surface area contributed by atoms with E-state index in [1.165, 1.54) is 0 Å². The van der Waals surface area contributed by atoms with Gasteiger partial charge >= 0.3 is 0 Å². The number of hydrogen-bond acceptors (Lipinski definition) is 4. The second kappa shape index (κ2) is 11.2. The lowest BCUT2D eigenvalue weighted by Gasteiger charge is -2.24. The van der Waals surface area contributed by atoms with Gasteiger partial charge in [-0.25, -0.2) is 4.99 Å². The van der Waals surface area contributed by atoms with Gasteiger partial charge in [0.2, 0.25) is 5.91 Å². The summed E-state index contributed by atoms with van der Waals surface area (Å²) in [5.41, 5.74) is 2.69. The number of ether oxygens (including phenoxy) is 2. The van der Waals surface area contributed by atoms with Crippen LogP contribution in [0.3, 0.4) is 0 Å². The SMILES string of the molecule is CCNC(=NCc1cccc(NC(=O)C2CCC2)c1)Nc1ccc(OC)c(OCC)c1. The quantitative estimate of drug-likeness (QED) is 0.410. The topological polar surface area (TPSA) is 84.0 Å². The van der Waals surface area contributed by atoms with Gasteiger partial charge in [-0.05, 0) is 56.5 Å². The maximum absolute atomic E-state index is 12.2. The molecule has 0 aliphatic heterocycles. The first kappa shape index (κ1) is 22.5. The molecule has 1 saturated carbocycles. The van der Waals surface area contributed by atoms with Crippen LogP contribution in [0.2, 0.25) is 0 Å². The molecule has 0 saturated heterocycles. The summed E-state index contributed by atoms with van der Waals surface area (Å²) in [5, 5.41) is 9.59. The van der Waals surface area contributed by atoms with E-state index in [-0.39, 0.29) is 11.8 Å². The van der Waals surface area contributed by atoms with Gasteiger partial charge in [0, 0.05) is 29.9 Å². The number of aliphatic imine (C=N–C) groups is 1. The van der Waals surface area contributed by atoms with E-state index < -0.39 is 0 Å². The molecule has 7 nitrogen and oxygen atoms in total. The third-order valence-corrected chi connectivity index (χ3v) is 5.16. The second-order valence-corrected chi connectivity index (χ2v) is 7.44. The maximum Gasteiger partial charge on any atom is 0.227 e. The number of carbonyl (C=O) groups is 1. The molecule has 0 heterocycles. The Morgan fingerprint density at radius 3 is 2.55 bits per heavy atom. The Morgan fingerprint density at radius 2 is 1.87 bits per heavy atom. The highest BCUT2D eigenvalue weighted by molar-refractivity contribution is 5.94. The number of carbonyl (C=O) groups excluding carboxylic acids is 1. The third-order valence-electron chi connectivity index (χ3n) is 5.16. The Kier molecular flexibility index (Phi) is 8.15. The van der Waals surface area contributed by atoms with E-state index in [0.29, 0.717) is 30.6 Å². The molecule has 2 aromatic rings. The van der Waals surface area contributed by atoms with Gasteiger partial charge in [-0.2, -0.15) is 0 Å². The molecule has 0 aromatic heterocycles. The standard InChI is InChI=1S/C24H32N4O3/c1-4-25-24(28-20-12-13-21(30-3)22(15-20)31-5-2)26-16-17-8-6-11-19(14-17)27-23(29)18-9-7-10-18/h6,8,11-15,18H,4-5,7,9-10,16H2,1-3H3,(H,27,29)(H2,25,26,28). The van der Waals surface area contributed by atoms with Crippen LogP contribution >= 0.6 is 0 Å². The van der Waals surface area contributed by atoms with E-state index in [2.05, 4.69) is 20.9 Å². The molecule has 166 valence electrons. The van der Waals surface area contributed by atoms with E-state index in [1.54, 1.807) is 7.11 Å². The zero-order chi connectivity index (χ0) is 22.1. The van der Waals surface area contributed by atoms with Crippen molar-refractivity contribution in [3.63, 3.8) is 0 Å². The summed E-state index contributed by atoms with van der Waals surface area (Å²) >= 11 is 0. The molecule has 0 spiro atoms. The molecular weight excluding hydrogens is 392 g/mol. The maximum atomic E-state index is 12.2. The Morgan fingerprint density at radius 1 is 1.06 bits per heavy atom. The van der Waals surface area contributed by atoms with Gasteiger partial charge < -0.3 is 25.4 Å². The van der Waals surface area contributed by atoms with E-state index in [0.717, 1.165) is 42.7 Å². The van der Waals surface area contributed by atoms with Gasteiger partial charge in [-0.3, -0.25) is 4.79 Å². The van der Waals surface area contributed by atoms with Gasteiger partial charge in [0.05, 0.1) is 20.3 Å². The molecule has 1 fully saturated rings. The van der Waals surface area contributed by atoms with Crippen molar-refractivity contribution in [3.05, 3.63) is 48.0 Å². The largest absolute Gasteiger partial charge is 0.493 e. The molecule has 0 atom stereocenters.